The standard InChI is InChI=1S/C20H21NO4S/c1-4-15-21(26(23,24)18-12-9-16(2)10-13-18)19-8-6-5-7-17(19)11-14-20(22)25-3/h4-14H,1,15H2,2-3H3/b14-11+. The van der Waals surface area contributed by atoms with Gasteiger partial charge in [0.1, 0.15) is 0 Å². The summed E-state index contributed by atoms with van der Waals surface area (Å²) in [7, 11) is -2.51. The molecule has 0 bridgehead atoms. The quantitative estimate of drug-likeness (QED) is 0.424. The van der Waals surface area contributed by atoms with Crippen LogP contribution in [0.25, 0.3) is 6.08 Å². The third kappa shape index (κ3) is 4.40. The van der Waals surface area contributed by atoms with E-state index in [2.05, 4.69) is 11.3 Å². The Morgan fingerprint density at radius 1 is 1.15 bits per heavy atom. The van der Waals surface area contributed by atoms with Gasteiger partial charge in [0, 0.05) is 6.08 Å². The molecule has 5 nitrogen and oxygen atoms in total. The second-order valence-corrected chi connectivity index (χ2v) is 7.42. The van der Waals surface area contributed by atoms with E-state index in [9.17, 15) is 13.2 Å². The number of esters is 1. The van der Waals surface area contributed by atoms with Crippen molar-refractivity contribution < 1.29 is 17.9 Å². The number of carbonyl (C=O) groups is 1. The van der Waals surface area contributed by atoms with Crippen LogP contribution in [0, 0.1) is 6.92 Å². The summed E-state index contributed by atoms with van der Waals surface area (Å²) in [5.41, 5.74) is 2.00. The maximum absolute atomic E-state index is 13.1. The summed E-state index contributed by atoms with van der Waals surface area (Å²) >= 11 is 0. The lowest BCUT2D eigenvalue weighted by Crippen LogP contribution is -2.31. The molecule has 2 aromatic rings. The van der Waals surface area contributed by atoms with Crippen LogP contribution in [0.1, 0.15) is 11.1 Å². The lowest BCUT2D eigenvalue weighted by molar-refractivity contribution is -0.134. The Morgan fingerprint density at radius 2 is 1.81 bits per heavy atom. The maximum Gasteiger partial charge on any atom is 0.330 e. The average Bonchev–Trinajstić information content (AvgIpc) is 2.64. The zero-order valence-corrected chi connectivity index (χ0v) is 15.6. The van der Waals surface area contributed by atoms with Gasteiger partial charge in [0.25, 0.3) is 10.0 Å². The second-order valence-electron chi connectivity index (χ2n) is 5.55. The summed E-state index contributed by atoms with van der Waals surface area (Å²) in [6.07, 6.45) is 4.30. The summed E-state index contributed by atoms with van der Waals surface area (Å²) in [6.45, 7) is 5.66. The van der Waals surface area contributed by atoms with Gasteiger partial charge in [0.2, 0.25) is 0 Å². The van der Waals surface area contributed by atoms with E-state index in [1.807, 2.05) is 6.92 Å². The molecule has 0 aliphatic heterocycles. The molecule has 0 heterocycles. The highest BCUT2D eigenvalue weighted by Crippen LogP contribution is 2.28. The van der Waals surface area contributed by atoms with E-state index in [4.69, 9.17) is 0 Å². The van der Waals surface area contributed by atoms with Crippen LogP contribution in [-0.2, 0) is 19.6 Å². The first-order valence-electron chi connectivity index (χ1n) is 7.95. The van der Waals surface area contributed by atoms with Crippen molar-refractivity contribution in [2.75, 3.05) is 18.0 Å². The topological polar surface area (TPSA) is 63.7 Å². The average molecular weight is 371 g/mol. The Balaban J connectivity index is 2.54. The highest BCUT2D eigenvalue weighted by atomic mass is 32.2. The fourth-order valence-corrected chi connectivity index (χ4v) is 3.82. The van der Waals surface area contributed by atoms with Crippen molar-refractivity contribution >= 4 is 27.8 Å². The zero-order valence-electron chi connectivity index (χ0n) is 14.8. The monoisotopic (exact) mass is 371 g/mol. The van der Waals surface area contributed by atoms with E-state index in [0.29, 0.717) is 11.3 Å². The summed E-state index contributed by atoms with van der Waals surface area (Å²) < 4.78 is 32.1. The van der Waals surface area contributed by atoms with Gasteiger partial charge < -0.3 is 4.74 Å². The molecular weight excluding hydrogens is 350 g/mol. The molecule has 0 aliphatic rings. The number of methoxy groups -OCH3 is 1. The number of benzene rings is 2. The van der Waals surface area contributed by atoms with Gasteiger partial charge in [-0.3, -0.25) is 4.31 Å². The van der Waals surface area contributed by atoms with Gasteiger partial charge in [-0.25, -0.2) is 13.2 Å². The summed E-state index contributed by atoms with van der Waals surface area (Å²) in [4.78, 5) is 11.6. The predicted molar refractivity (Wildman–Crippen MR) is 103 cm³/mol. The molecule has 0 aromatic heterocycles. The number of para-hydroxylation sites is 1. The van der Waals surface area contributed by atoms with E-state index in [-0.39, 0.29) is 11.4 Å². The third-order valence-corrected chi connectivity index (χ3v) is 5.50. The number of hydrogen-bond donors (Lipinski definition) is 0. The molecule has 2 rings (SSSR count). The Labute approximate surface area is 154 Å². The van der Waals surface area contributed by atoms with Gasteiger partial charge in [0.15, 0.2) is 0 Å². The molecule has 6 heteroatoms. The van der Waals surface area contributed by atoms with Crippen molar-refractivity contribution in [3.05, 3.63) is 78.4 Å². The first-order valence-corrected chi connectivity index (χ1v) is 9.39. The molecule has 0 atom stereocenters. The number of aryl methyl sites for hydroxylation is 1. The van der Waals surface area contributed by atoms with Gasteiger partial charge in [-0.05, 0) is 36.8 Å². The van der Waals surface area contributed by atoms with E-state index >= 15 is 0 Å². The van der Waals surface area contributed by atoms with Crippen LogP contribution in [0.2, 0.25) is 0 Å². The van der Waals surface area contributed by atoms with Gasteiger partial charge in [-0.1, -0.05) is 42.0 Å². The number of hydrogen-bond acceptors (Lipinski definition) is 4. The SMILES string of the molecule is C=CCN(c1ccccc1/C=C/C(=O)OC)S(=O)(=O)c1ccc(C)cc1. The minimum Gasteiger partial charge on any atom is -0.466 e. The number of sulfonamides is 1. The van der Waals surface area contributed by atoms with Crippen LogP contribution < -0.4 is 4.31 Å². The zero-order chi connectivity index (χ0) is 19.2. The van der Waals surface area contributed by atoms with Crippen LogP contribution in [-0.4, -0.2) is 28.0 Å². The molecule has 0 unspecified atom stereocenters. The van der Waals surface area contributed by atoms with Crippen LogP contribution in [0.3, 0.4) is 0 Å². The van der Waals surface area contributed by atoms with Gasteiger partial charge in [-0.2, -0.15) is 0 Å². The fourth-order valence-electron chi connectivity index (χ4n) is 2.36. The maximum atomic E-state index is 13.1. The van der Waals surface area contributed by atoms with E-state index in [0.717, 1.165) is 5.56 Å². The van der Waals surface area contributed by atoms with Gasteiger partial charge >= 0.3 is 5.97 Å². The van der Waals surface area contributed by atoms with E-state index in [1.54, 1.807) is 48.5 Å². The lowest BCUT2D eigenvalue weighted by atomic mass is 10.1. The third-order valence-electron chi connectivity index (χ3n) is 3.71. The molecule has 0 fully saturated rings. The number of carbonyl (C=O) groups excluding carboxylic acids is 1. The van der Waals surface area contributed by atoms with Crippen LogP contribution >= 0.6 is 0 Å². The molecule has 2 aromatic carbocycles. The van der Waals surface area contributed by atoms with Crippen molar-refractivity contribution in [1.29, 1.82) is 0 Å². The number of rotatable bonds is 7. The minimum atomic E-state index is -3.79. The molecule has 0 spiro atoms. The predicted octanol–water partition coefficient (Wildman–Crippen LogP) is 3.56. The molecule has 0 amide bonds. The minimum absolute atomic E-state index is 0.0965. The Hall–Kier alpha value is -2.86. The Morgan fingerprint density at radius 3 is 2.42 bits per heavy atom. The van der Waals surface area contributed by atoms with E-state index < -0.39 is 16.0 Å². The van der Waals surface area contributed by atoms with Gasteiger partial charge in [0.05, 0.1) is 24.2 Å². The lowest BCUT2D eigenvalue weighted by Gasteiger charge is -2.25. The summed E-state index contributed by atoms with van der Waals surface area (Å²) in [6, 6.07) is 13.6. The number of anilines is 1. The molecule has 26 heavy (non-hydrogen) atoms. The number of ether oxygens (including phenoxy) is 1. The molecule has 0 aliphatic carbocycles. The van der Waals surface area contributed by atoms with E-state index in [1.165, 1.54) is 29.6 Å². The van der Waals surface area contributed by atoms with Crippen molar-refractivity contribution in [1.82, 2.24) is 0 Å². The van der Waals surface area contributed by atoms with Crippen molar-refractivity contribution in [3.8, 4) is 0 Å². The second kappa shape index (κ2) is 8.49. The fraction of sp³-hybridized carbons (Fsp3) is 0.150. The van der Waals surface area contributed by atoms with Crippen molar-refractivity contribution in [3.63, 3.8) is 0 Å². The van der Waals surface area contributed by atoms with Gasteiger partial charge in [-0.15, -0.1) is 6.58 Å². The smallest absolute Gasteiger partial charge is 0.330 e. The van der Waals surface area contributed by atoms with Crippen LogP contribution in [0.4, 0.5) is 5.69 Å². The summed E-state index contributed by atoms with van der Waals surface area (Å²) in [5.74, 6) is -0.517. The van der Waals surface area contributed by atoms with Crippen LogP contribution in [0.5, 0.6) is 0 Å². The Kier molecular flexibility index (Phi) is 6.36. The molecule has 0 saturated carbocycles. The molecule has 0 N–H and O–H groups in total. The first kappa shape index (κ1) is 19.5. The largest absolute Gasteiger partial charge is 0.466 e. The molecule has 136 valence electrons. The van der Waals surface area contributed by atoms with Crippen LogP contribution in [0.15, 0.2) is 72.2 Å². The highest BCUT2D eigenvalue weighted by Gasteiger charge is 2.25. The number of nitrogens with zero attached hydrogens (tertiary/aromatic N) is 1. The molecule has 0 radical (unpaired) electrons. The van der Waals surface area contributed by atoms with Crippen molar-refractivity contribution in [2.45, 2.75) is 11.8 Å². The summed E-state index contributed by atoms with van der Waals surface area (Å²) in [5, 5.41) is 0. The first-order chi connectivity index (χ1) is 12.4. The molecular formula is C20H21NO4S. The molecule has 0 saturated heterocycles. The van der Waals surface area contributed by atoms with Crippen molar-refractivity contribution in [2.24, 2.45) is 0 Å². The Bertz CT molecular complexity index is 915. The normalized spacial score (nSPS) is 11.3. The highest BCUT2D eigenvalue weighted by molar-refractivity contribution is 7.92.